The molecule has 0 radical (unpaired) electrons. The van der Waals surface area contributed by atoms with E-state index in [4.69, 9.17) is 0 Å². The molecule has 0 aromatic heterocycles. The maximum atomic E-state index is 3.77. The van der Waals surface area contributed by atoms with Crippen LogP contribution in [-0.4, -0.2) is 12.6 Å². The van der Waals surface area contributed by atoms with Gasteiger partial charge in [0.1, 0.15) is 0 Å². The molecule has 0 amide bonds. The van der Waals surface area contributed by atoms with Gasteiger partial charge in [0.25, 0.3) is 0 Å². The predicted octanol–water partition coefficient (Wildman–Crippen LogP) is 3.49. The number of fused-ring (bicyclic) bond motifs is 1. The number of benzene rings is 1. The lowest BCUT2D eigenvalue weighted by Gasteiger charge is -2.40. The minimum Gasteiger partial charge on any atom is -0.313 e. The van der Waals surface area contributed by atoms with Crippen LogP contribution in [0.5, 0.6) is 0 Å². The van der Waals surface area contributed by atoms with Crippen LogP contribution < -0.4 is 5.32 Å². The van der Waals surface area contributed by atoms with E-state index in [1.165, 1.54) is 32.1 Å². The lowest BCUT2D eigenvalue weighted by Crippen LogP contribution is -2.44. The van der Waals surface area contributed by atoms with Gasteiger partial charge in [-0.15, -0.1) is 0 Å². The highest BCUT2D eigenvalue weighted by molar-refractivity contribution is 5.41. The Hall–Kier alpha value is -0.820. The molecule has 0 heterocycles. The summed E-state index contributed by atoms with van der Waals surface area (Å²) in [7, 11) is 0. The van der Waals surface area contributed by atoms with Gasteiger partial charge in [-0.2, -0.15) is 0 Å². The van der Waals surface area contributed by atoms with Gasteiger partial charge >= 0.3 is 0 Å². The largest absolute Gasteiger partial charge is 0.313 e. The van der Waals surface area contributed by atoms with Gasteiger partial charge in [0, 0.05) is 12.0 Å². The zero-order chi connectivity index (χ0) is 11.7. The van der Waals surface area contributed by atoms with Gasteiger partial charge in [0.2, 0.25) is 0 Å². The van der Waals surface area contributed by atoms with Crippen LogP contribution in [0, 0.1) is 5.92 Å². The van der Waals surface area contributed by atoms with Crippen molar-refractivity contribution in [2.24, 2.45) is 5.92 Å². The molecule has 1 aromatic carbocycles. The summed E-state index contributed by atoms with van der Waals surface area (Å²) in [6.45, 7) is 3.35. The standard InChI is InChI=1S/C16H23N/c1-2-17-16(12-7-3-4-8-12)15-11-13-9-5-6-10-14(13)15/h5-6,9-10,12,15-17H,2-4,7-8,11H2,1H3. The molecule has 0 aliphatic heterocycles. The molecule has 1 N–H and O–H groups in total. The molecule has 3 rings (SSSR count). The quantitative estimate of drug-likeness (QED) is 0.833. The Labute approximate surface area is 105 Å². The first-order valence-electron chi connectivity index (χ1n) is 7.21. The molecule has 1 nitrogen and oxygen atoms in total. The van der Waals surface area contributed by atoms with Gasteiger partial charge < -0.3 is 5.32 Å². The highest BCUT2D eigenvalue weighted by Crippen LogP contribution is 2.42. The lowest BCUT2D eigenvalue weighted by atomic mass is 9.70. The van der Waals surface area contributed by atoms with E-state index >= 15 is 0 Å². The van der Waals surface area contributed by atoms with Gasteiger partial charge in [-0.05, 0) is 42.9 Å². The summed E-state index contributed by atoms with van der Waals surface area (Å²) >= 11 is 0. The molecule has 0 bridgehead atoms. The lowest BCUT2D eigenvalue weighted by molar-refractivity contribution is 0.295. The predicted molar refractivity (Wildman–Crippen MR) is 72.3 cm³/mol. The van der Waals surface area contributed by atoms with E-state index in [2.05, 4.69) is 36.5 Å². The molecule has 2 unspecified atom stereocenters. The van der Waals surface area contributed by atoms with E-state index in [9.17, 15) is 0 Å². The van der Waals surface area contributed by atoms with Gasteiger partial charge in [-0.25, -0.2) is 0 Å². The van der Waals surface area contributed by atoms with Crippen molar-refractivity contribution in [2.45, 2.75) is 51.0 Å². The maximum Gasteiger partial charge on any atom is 0.0167 e. The van der Waals surface area contributed by atoms with Crippen LogP contribution in [0.4, 0.5) is 0 Å². The molecule has 2 aliphatic rings. The van der Waals surface area contributed by atoms with Crippen LogP contribution >= 0.6 is 0 Å². The number of hydrogen-bond acceptors (Lipinski definition) is 1. The maximum absolute atomic E-state index is 3.77. The first-order chi connectivity index (χ1) is 8.40. The SMILES string of the molecule is CCNC(C1CCCC1)C1Cc2ccccc21. The summed E-state index contributed by atoms with van der Waals surface area (Å²) in [4.78, 5) is 0. The molecule has 1 fully saturated rings. The van der Waals surface area contributed by atoms with Gasteiger partial charge in [-0.1, -0.05) is 44.0 Å². The van der Waals surface area contributed by atoms with E-state index in [0.717, 1.165) is 24.4 Å². The molecule has 0 spiro atoms. The highest BCUT2D eigenvalue weighted by atomic mass is 14.9. The minimum atomic E-state index is 0.734. The first-order valence-corrected chi connectivity index (χ1v) is 7.21. The molecule has 1 heteroatoms. The van der Waals surface area contributed by atoms with Gasteiger partial charge in [-0.3, -0.25) is 0 Å². The Balaban J connectivity index is 1.77. The summed E-state index contributed by atoms with van der Waals surface area (Å²) < 4.78 is 0. The van der Waals surface area contributed by atoms with Gasteiger partial charge in [0.15, 0.2) is 0 Å². The van der Waals surface area contributed by atoms with Crippen molar-refractivity contribution in [3.63, 3.8) is 0 Å². The second-order valence-electron chi connectivity index (χ2n) is 5.64. The van der Waals surface area contributed by atoms with E-state index in [1.54, 1.807) is 11.1 Å². The van der Waals surface area contributed by atoms with Crippen LogP contribution in [0.1, 0.15) is 49.7 Å². The third-order valence-electron chi connectivity index (χ3n) is 4.68. The molecule has 1 aromatic rings. The molecule has 0 saturated heterocycles. The summed E-state index contributed by atoms with van der Waals surface area (Å²) in [5.41, 5.74) is 3.20. The van der Waals surface area contributed by atoms with Crippen molar-refractivity contribution in [3.05, 3.63) is 35.4 Å². The first kappa shape index (κ1) is 11.3. The number of hydrogen-bond donors (Lipinski definition) is 1. The van der Waals surface area contributed by atoms with Crippen LogP contribution in [-0.2, 0) is 6.42 Å². The van der Waals surface area contributed by atoms with Crippen LogP contribution in [0.2, 0.25) is 0 Å². The molecule has 17 heavy (non-hydrogen) atoms. The Morgan fingerprint density at radius 2 is 2.00 bits per heavy atom. The molecule has 2 atom stereocenters. The fourth-order valence-electron chi connectivity index (χ4n) is 3.81. The van der Waals surface area contributed by atoms with Crippen molar-refractivity contribution in [3.8, 4) is 0 Å². The smallest absolute Gasteiger partial charge is 0.0167 e. The van der Waals surface area contributed by atoms with Crippen LogP contribution in [0.15, 0.2) is 24.3 Å². The van der Waals surface area contributed by atoms with E-state index in [0.29, 0.717) is 0 Å². The average Bonchev–Trinajstić information content (AvgIpc) is 2.83. The van der Waals surface area contributed by atoms with Crippen molar-refractivity contribution >= 4 is 0 Å². The van der Waals surface area contributed by atoms with Crippen molar-refractivity contribution in [2.75, 3.05) is 6.54 Å². The number of likely N-dealkylation sites (N-methyl/N-ethyl adjacent to an activating group) is 1. The summed E-state index contributed by atoms with van der Waals surface area (Å²) in [6, 6.07) is 9.74. The molecular formula is C16H23N. The van der Waals surface area contributed by atoms with Crippen LogP contribution in [0.25, 0.3) is 0 Å². The zero-order valence-electron chi connectivity index (χ0n) is 10.8. The van der Waals surface area contributed by atoms with E-state index in [1.807, 2.05) is 0 Å². The Kier molecular flexibility index (Phi) is 3.19. The molecular weight excluding hydrogens is 206 g/mol. The Morgan fingerprint density at radius 3 is 2.71 bits per heavy atom. The fraction of sp³-hybridized carbons (Fsp3) is 0.625. The van der Waals surface area contributed by atoms with Crippen molar-refractivity contribution in [1.82, 2.24) is 5.32 Å². The number of nitrogens with one attached hydrogen (secondary N) is 1. The van der Waals surface area contributed by atoms with Crippen LogP contribution in [0.3, 0.4) is 0 Å². The van der Waals surface area contributed by atoms with E-state index < -0.39 is 0 Å². The summed E-state index contributed by atoms with van der Waals surface area (Å²) in [5, 5.41) is 3.77. The fourth-order valence-corrected chi connectivity index (χ4v) is 3.81. The number of rotatable bonds is 4. The van der Waals surface area contributed by atoms with E-state index in [-0.39, 0.29) is 0 Å². The summed E-state index contributed by atoms with van der Waals surface area (Å²) in [5.74, 6) is 1.71. The molecule has 2 aliphatic carbocycles. The third-order valence-corrected chi connectivity index (χ3v) is 4.68. The third kappa shape index (κ3) is 2.01. The monoisotopic (exact) mass is 229 g/mol. The second kappa shape index (κ2) is 4.81. The second-order valence-corrected chi connectivity index (χ2v) is 5.64. The van der Waals surface area contributed by atoms with Gasteiger partial charge in [0.05, 0.1) is 0 Å². The Morgan fingerprint density at radius 1 is 1.24 bits per heavy atom. The zero-order valence-corrected chi connectivity index (χ0v) is 10.8. The normalized spacial score (nSPS) is 25.4. The van der Waals surface area contributed by atoms with Crippen molar-refractivity contribution in [1.29, 1.82) is 0 Å². The Bertz CT molecular complexity index is 379. The average molecular weight is 229 g/mol. The summed E-state index contributed by atoms with van der Waals surface area (Å²) in [6.07, 6.45) is 7.07. The van der Waals surface area contributed by atoms with Crippen molar-refractivity contribution < 1.29 is 0 Å². The molecule has 1 saturated carbocycles. The highest BCUT2D eigenvalue weighted by Gasteiger charge is 2.37. The minimum absolute atomic E-state index is 0.734. The molecule has 92 valence electrons. The topological polar surface area (TPSA) is 12.0 Å².